The van der Waals surface area contributed by atoms with Crippen LogP contribution in [0.15, 0.2) is 42.7 Å². The largest absolute Gasteiger partial charge is 0.340 e. The Morgan fingerprint density at radius 1 is 1.12 bits per heavy atom. The molecule has 0 saturated carbocycles. The first-order valence-corrected chi connectivity index (χ1v) is 9.26. The topological polar surface area (TPSA) is 44.8 Å². The predicted molar refractivity (Wildman–Crippen MR) is 98.1 cm³/mol. The summed E-state index contributed by atoms with van der Waals surface area (Å²) in [6, 6.07) is 9.53. The third kappa shape index (κ3) is 2.72. The van der Waals surface area contributed by atoms with Crippen LogP contribution in [0, 0.1) is 5.82 Å². The van der Waals surface area contributed by atoms with Crippen LogP contribution < -0.4 is 0 Å². The lowest BCUT2D eigenvalue weighted by Gasteiger charge is -2.36. The van der Waals surface area contributed by atoms with Crippen molar-refractivity contribution in [1.29, 1.82) is 0 Å². The van der Waals surface area contributed by atoms with E-state index >= 15 is 0 Å². The van der Waals surface area contributed by atoms with Crippen molar-refractivity contribution in [3.05, 3.63) is 71.1 Å². The summed E-state index contributed by atoms with van der Waals surface area (Å²) in [5, 5.41) is 0. The third-order valence-electron chi connectivity index (χ3n) is 5.71. The van der Waals surface area contributed by atoms with Crippen molar-refractivity contribution in [2.45, 2.75) is 38.3 Å². The van der Waals surface area contributed by atoms with Gasteiger partial charge in [-0.3, -0.25) is 9.88 Å². The van der Waals surface area contributed by atoms with Crippen LogP contribution in [0.3, 0.4) is 0 Å². The van der Waals surface area contributed by atoms with Crippen molar-refractivity contribution in [3.8, 4) is 11.4 Å². The molecule has 5 rings (SSSR count). The fourth-order valence-electron chi connectivity index (χ4n) is 4.28. The van der Waals surface area contributed by atoms with Gasteiger partial charge in [-0.25, -0.2) is 9.37 Å². The van der Waals surface area contributed by atoms with E-state index in [2.05, 4.69) is 25.9 Å². The van der Waals surface area contributed by atoms with Crippen molar-refractivity contribution in [2.24, 2.45) is 0 Å². The Morgan fingerprint density at radius 2 is 2.04 bits per heavy atom. The Bertz CT molecular complexity index is 949. The molecule has 132 valence electrons. The zero-order chi connectivity index (χ0) is 17.5. The van der Waals surface area contributed by atoms with Gasteiger partial charge in [-0.1, -0.05) is 12.1 Å². The Hall–Kier alpha value is -2.53. The first-order chi connectivity index (χ1) is 12.8. The van der Waals surface area contributed by atoms with E-state index in [9.17, 15) is 4.39 Å². The zero-order valence-electron chi connectivity index (χ0n) is 14.6. The molecular weight excluding hydrogens is 327 g/mol. The number of aromatic amines is 1. The van der Waals surface area contributed by atoms with E-state index in [0.717, 1.165) is 43.7 Å². The van der Waals surface area contributed by atoms with Crippen LogP contribution >= 0.6 is 0 Å². The van der Waals surface area contributed by atoms with E-state index in [1.165, 1.54) is 23.6 Å². The molecule has 0 radical (unpaired) electrons. The van der Waals surface area contributed by atoms with Crippen molar-refractivity contribution in [1.82, 2.24) is 19.9 Å². The standard InChI is InChI=1S/C21H21FN4/c22-18-4-2-1-3-17(18)21-24-19-8-10-26(13-20(19)25-21)16-6-5-15-12-23-9-7-14(15)11-16/h1-4,7,9,12,16H,5-6,8,10-11,13H2,(H,24,25). The SMILES string of the molecule is Fc1ccccc1-c1nc2c([nH]1)CN(C1CCc3cnccc3C1)CC2. The summed E-state index contributed by atoms with van der Waals surface area (Å²) < 4.78 is 14.1. The van der Waals surface area contributed by atoms with Gasteiger partial charge in [-0.05, 0) is 48.6 Å². The summed E-state index contributed by atoms with van der Waals surface area (Å²) in [7, 11) is 0. The molecule has 1 N–H and O–H groups in total. The molecule has 0 bridgehead atoms. The molecule has 0 saturated heterocycles. The molecule has 2 aliphatic rings. The van der Waals surface area contributed by atoms with Crippen LogP contribution in [0.25, 0.3) is 11.4 Å². The molecule has 3 aromatic rings. The molecular formula is C21H21FN4. The van der Waals surface area contributed by atoms with E-state index in [1.807, 2.05) is 18.5 Å². The summed E-state index contributed by atoms with van der Waals surface area (Å²) >= 11 is 0. The fraction of sp³-hybridized carbons (Fsp3) is 0.333. The smallest absolute Gasteiger partial charge is 0.140 e. The summed E-state index contributed by atoms with van der Waals surface area (Å²) in [6.07, 6.45) is 8.17. The van der Waals surface area contributed by atoms with Crippen LogP contribution in [0.2, 0.25) is 0 Å². The maximum Gasteiger partial charge on any atom is 0.140 e. The predicted octanol–water partition coefficient (Wildman–Crippen LogP) is 3.53. The number of hydrogen-bond acceptors (Lipinski definition) is 3. The highest BCUT2D eigenvalue weighted by molar-refractivity contribution is 5.57. The average molecular weight is 348 g/mol. The van der Waals surface area contributed by atoms with Crippen molar-refractivity contribution in [2.75, 3.05) is 6.54 Å². The minimum atomic E-state index is -0.229. The number of hydrogen-bond donors (Lipinski definition) is 1. The van der Waals surface area contributed by atoms with Crippen molar-refractivity contribution in [3.63, 3.8) is 0 Å². The molecule has 5 heteroatoms. The molecule has 1 aliphatic heterocycles. The van der Waals surface area contributed by atoms with Crippen LogP contribution in [-0.2, 0) is 25.8 Å². The van der Waals surface area contributed by atoms with Crippen LogP contribution in [-0.4, -0.2) is 32.4 Å². The van der Waals surface area contributed by atoms with E-state index in [0.29, 0.717) is 17.4 Å². The highest BCUT2D eigenvalue weighted by Gasteiger charge is 2.29. The molecule has 1 aliphatic carbocycles. The average Bonchev–Trinajstić information content (AvgIpc) is 3.11. The summed E-state index contributed by atoms with van der Waals surface area (Å²) in [5.74, 6) is 0.419. The number of nitrogens with one attached hydrogen (secondary N) is 1. The number of aryl methyl sites for hydroxylation is 1. The van der Waals surface area contributed by atoms with Gasteiger partial charge in [-0.15, -0.1) is 0 Å². The number of imidazole rings is 1. The number of halogens is 1. The minimum absolute atomic E-state index is 0.229. The second kappa shape index (κ2) is 6.32. The maximum absolute atomic E-state index is 14.1. The van der Waals surface area contributed by atoms with Crippen molar-refractivity contribution >= 4 is 0 Å². The Kier molecular flexibility index (Phi) is 3.82. The van der Waals surface area contributed by atoms with E-state index < -0.39 is 0 Å². The molecule has 1 atom stereocenters. The van der Waals surface area contributed by atoms with Gasteiger partial charge in [0.2, 0.25) is 0 Å². The van der Waals surface area contributed by atoms with Gasteiger partial charge in [0.05, 0.1) is 17.0 Å². The Morgan fingerprint density at radius 3 is 2.96 bits per heavy atom. The Labute approximate surface area is 152 Å². The lowest BCUT2D eigenvalue weighted by molar-refractivity contribution is 0.160. The second-order valence-electron chi connectivity index (χ2n) is 7.25. The van der Waals surface area contributed by atoms with E-state index in [-0.39, 0.29) is 5.82 Å². The first-order valence-electron chi connectivity index (χ1n) is 9.26. The maximum atomic E-state index is 14.1. The van der Waals surface area contributed by atoms with E-state index in [1.54, 1.807) is 12.1 Å². The van der Waals surface area contributed by atoms with Gasteiger partial charge >= 0.3 is 0 Å². The number of nitrogens with zero attached hydrogens (tertiary/aromatic N) is 3. The number of benzene rings is 1. The fourth-order valence-corrected chi connectivity index (χ4v) is 4.28. The lowest BCUT2D eigenvalue weighted by Crippen LogP contribution is -2.42. The number of rotatable bonds is 2. The van der Waals surface area contributed by atoms with Gasteiger partial charge < -0.3 is 4.98 Å². The van der Waals surface area contributed by atoms with Crippen LogP contribution in [0.5, 0.6) is 0 Å². The molecule has 0 spiro atoms. The quantitative estimate of drug-likeness (QED) is 0.771. The molecule has 1 unspecified atom stereocenters. The molecule has 0 fully saturated rings. The monoisotopic (exact) mass is 348 g/mol. The van der Waals surface area contributed by atoms with Gasteiger partial charge in [0.15, 0.2) is 0 Å². The number of aromatic nitrogens is 3. The zero-order valence-corrected chi connectivity index (χ0v) is 14.6. The summed E-state index contributed by atoms with van der Waals surface area (Å²) in [6.45, 7) is 1.88. The number of fused-ring (bicyclic) bond motifs is 2. The van der Waals surface area contributed by atoms with Gasteiger partial charge in [-0.2, -0.15) is 0 Å². The number of pyridine rings is 1. The summed E-state index contributed by atoms with van der Waals surface area (Å²) in [4.78, 5) is 14.8. The Balaban J connectivity index is 1.37. The first kappa shape index (κ1) is 15.7. The second-order valence-corrected chi connectivity index (χ2v) is 7.25. The highest BCUT2D eigenvalue weighted by Crippen LogP contribution is 2.29. The normalized spacial score (nSPS) is 19.8. The van der Waals surface area contributed by atoms with Crippen molar-refractivity contribution < 1.29 is 4.39 Å². The molecule has 1 aromatic carbocycles. The van der Waals surface area contributed by atoms with Crippen LogP contribution in [0.1, 0.15) is 28.9 Å². The van der Waals surface area contributed by atoms with E-state index in [4.69, 9.17) is 0 Å². The molecule has 4 nitrogen and oxygen atoms in total. The van der Waals surface area contributed by atoms with Gasteiger partial charge in [0.1, 0.15) is 11.6 Å². The molecule has 3 heterocycles. The molecule has 0 amide bonds. The lowest BCUT2D eigenvalue weighted by atomic mass is 9.88. The summed E-state index contributed by atoms with van der Waals surface area (Å²) in [5.41, 5.74) is 5.59. The molecule has 26 heavy (non-hydrogen) atoms. The van der Waals surface area contributed by atoms with Gasteiger partial charge in [0, 0.05) is 37.9 Å². The minimum Gasteiger partial charge on any atom is -0.340 e. The van der Waals surface area contributed by atoms with Crippen LogP contribution in [0.4, 0.5) is 4.39 Å². The highest BCUT2D eigenvalue weighted by atomic mass is 19.1. The number of H-pyrrole nitrogens is 1. The van der Waals surface area contributed by atoms with Gasteiger partial charge in [0.25, 0.3) is 0 Å². The molecule has 2 aromatic heterocycles. The third-order valence-corrected chi connectivity index (χ3v) is 5.71.